The number of guanidine groups is 1. The van der Waals surface area contributed by atoms with Gasteiger partial charge in [0.2, 0.25) is 0 Å². The lowest BCUT2D eigenvalue weighted by atomic mass is 9.96. The first kappa shape index (κ1) is 24.0. The zero-order valence-electron chi connectivity index (χ0n) is 19.6. The number of carboxylic acids is 1. The van der Waals surface area contributed by atoms with Gasteiger partial charge in [-0.15, -0.1) is 0 Å². The second-order valence-corrected chi connectivity index (χ2v) is 8.68. The lowest BCUT2D eigenvalue weighted by Crippen LogP contribution is -2.21. The molecule has 0 aliphatic rings. The van der Waals surface area contributed by atoms with Crippen molar-refractivity contribution in [3.05, 3.63) is 59.4 Å². The first-order valence-corrected chi connectivity index (χ1v) is 10.6. The zero-order chi connectivity index (χ0) is 26.0. The molecule has 12 heteroatoms. The molecule has 0 aliphatic heterocycles. The van der Waals surface area contributed by atoms with Gasteiger partial charge in [-0.2, -0.15) is 15.2 Å². The molecule has 182 valence electrons. The van der Waals surface area contributed by atoms with E-state index in [1.54, 1.807) is 24.3 Å². The van der Waals surface area contributed by atoms with Crippen LogP contribution in [0.15, 0.2) is 47.5 Å². The van der Waals surface area contributed by atoms with Gasteiger partial charge in [-0.25, -0.2) is 14.8 Å². The summed E-state index contributed by atoms with van der Waals surface area (Å²) < 4.78 is 11.8. The molecule has 12 nitrogen and oxygen atoms in total. The topological polar surface area (TPSA) is 198 Å². The van der Waals surface area contributed by atoms with E-state index in [1.807, 2.05) is 26.8 Å². The van der Waals surface area contributed by atoms with Gasteiger partial charge in [0, 0.05) is 5.41 Å². The van der Waals surface area contributed by atoms with E-state index < -0.39 is 5.97 Å². The first-order valence-electron chi connectivity index (χ1n) is 10.6. The van der Waals surface area contributed by atoms with Crippen molar-refractivity contribution < 1.29 is 19.4 Å². The number of carbonyl (C=O) groups is 1. The van der Waals surface area contributed by atoms with Crippen molar-refractivity contribution in [1.29, 1.82) is 5.26 Å². The molecule has 0 radical (unpaired) electrons. The number of nitrogens with one attached hydrogen (secondary N) is 1. The van der Waals surface area contributed by atoms with Gasteiger partial charge in [0.05, 0.1) is 11.1 Å². The summed E-state index contributed by atoms with van der Waals surface area (Å²) in [7, 11) is 0. The highest BCUT2D eigenvalue weighted by Gasteiger charge is 2.23. The van der Waals surface area contributed by atoms with Crippen LogP contribution in [0.5, 0.6) is 23.4 Å². The molecule has 4 aromatic rings. The Balaban J connectivity index is 1.83. The Morgan fingerprint density at radius 2 is 1.86 bits per heavy atom. The highest BCUT2D eigenvalue weighted by atomic mass is 16.5. The summed E-state index contributed by atoms with van der Waals surface area (Å²) in [5, 5.41) is 18.6. The van der Waals surface area contributed by atoms with Gasteiger partial charge < -0.3 is 31.0 Å². The summed E-state index contributed by atoms with van der Waals surface area (Å²) in [6.07, 6.45) is 0. The number of nitriles is 1. The summed E-state index contributed by atoms with van der Waals surface area (Å²) in [5.74, 6) is -0.316. The maximum atomic E-state index is 11.6. The van der Waals surface area contributed by atoms with Crippen molar-refractivity contribution in [3.63, 3.8) is 0 Å². The van der Waals surface area contributed by atoms with E-state index in [0.29, 0.717) is 17.0 Å². The number of carboxylic acid groups (broad SMARTS) is 1. The van der Waals surface area contributed by atoms with Gasteiger partial charge in [0.1, 0.15) is 28.8 Å². The minimum absolute atomic E-state index is 0.000366. The minimum Gasteiger partial charge on any atom is -0.478 e. The Morgan fingerprint density at radius 1 is 1.11 bits per heavy atom. The van der Waals surface area contributed by atoms with Crippen LogP contribution < -0.4 is 20.9 Å². The van der Waals surface area contributed by atoms with Gasteiger partial charge in [-0.05, 0) is 30.3 Å². The Kier molecular flexibility index (Phi) is 6.14. The predicted octanol–water partition coefficient (Wildman–Crippen LogP) is 3.71. The molecule has 0 atom stereocenters. The minimum atomic E-state index is -1.26. The number of imidazole rings is 1. The Bertz CT molecular complexity index is 1540. The molecule has 0 aliphatic carbocycles. The van der Waals surface area contributed by atoms with Crippen LogP contribution in [0, 0.1) is 11.3 Å². The van der Waals surface area contributed by atoms with Crippen molar-refractivity contribution in [1.82, 2.24) is 19.9 Å². The predicted molar refractivity (Wildman–Crippen MR) is 131 cm³/mol. The van der Waals surface area contributed by atoms with Crippen molar-refractivity contribution in [2.75, 3.05) is 0 Å². The van der Waals surface area contributed by atoms with Crippen LogP contribution >= 0.6 is 0 Å². The van der Waals surface area contributed by atoms with Gasteiger partial charge >= 0.3 is 12.0 Å². The summed E-state index contributed by atoms with van der Waals surface area (Å²) in [4.78, 5) is 32.1. The number of hydrogen-bond acceptors (Lipinski definition) is 8. The normalized spacial score (nSPS) is 11.1. The second kappa shape index (κ2) is 9.22. The quantitative estimate of drug-likeness (QED) is 0.230. The number of ether oxygens (including phenoxy) is 2. The molecule has 0 unspecified atom stereocenters. The largest absolute Gasteiger partial charge is 0.478 e. The number of nitrogens with zero attached hydrogens (tertiary/aromatic N) is 5. The number of nitrogens with two attached hydrogens (primary N) is 2. The summed E-state index contributed by atoms with van der Waals surface area (Å²) in [6.45, 7) is 5.92. The molecule has 2 aromatic carbocycles. The lowest BCUT2D eigenvalue weighted by molar-refractivity contribution is 0.0696. The number of para-hydroxylation sites is 2. The van der Waals surface area contributed by atoms with Crippen molar-refractivity contribution in [3.8, 4) is 29.5 Å². The second-order valence-electron chi connectivity index (χ2n) is 8.68. The molecule has 36 heavy (non-hydrogen) atoms. The highest BCUT2D eigenvalue weighted by Crippen LogP contribution is 2.35. The van der Waals surface area contributed by atoms with Crippen molar-refractivity contribution in [2.45, 2.75) is 26.2 Å². The number of fused-ring (bicyclic) bond motifs is 1. The maximum Gasteiger partial charge on any atom is 0.337 e. The number of rotatable bonds is 6. The molecule has 0 bridgehead atoms. The van der Waals surface area contributed by atoms with Crippen molar-refractivity contribution in [2.24, 2.45) is 16.5 Å². The van der Waals surface area contributed by atoms with Crippen LogP contribution in [0.1, 0.15) is 42.5 Å². The number of benzene rings is 2. The molecule has 0 saturated carbocycles. The standard InChI is InChI=1S/C24H22N8O4/c1-24(2,3)21-29-17-18(30-21)31-23(36-16-7-5-4-6-15(16)28-22(26)27)32-19(17)35-13-9-8-12(11-25)14(10-13)20(33)34/h4-10H,1-3H3,(H,33,34)(H4,26,27,28)(H,29,30,31,32). The van der Waals surface area contributed by atoms with Crippen molar-refractivity contribution >= 4 is 28.8 Å². The van der Waals surface area contributed by atoms with E-state index in [2.05, 4.69) is 24.9 Å². The third-order valence-corrected chi connectivity index (χ3v) is 4.88. The number of aromatic nitrogens is 4. The monoisotopic (exact) mass is 486 g/mol. The first-order chi connectivity index (χ1) is 17.0. The van der Waals surface area contributed by atoms with Gasteiger partial charge in [0.25, 0.3) is 5.88 Å². The number of aromatic amines is 1. The van der Waals surface area contributed by atoms with Crippen LogP contribution in [0.4, 0.5) is 5.69 Å². The molecule has 2 aromatic heterocycles. The molecule has 0 fully saturated rings. The zero-order valence-corrected chi connectivity index (χ0v) is 19.6. The van der Waals surface area contributed by atoms with E-state index in [9.17, 15) is 15.2 Å². The third-order valence-electron chi connectivity index (χ3n) is 4.88. The van der Waals surface area contributed by atoms with Crippen LogP contribution in [-0.4, -0.2) is 37.0 Å². The van der Waals surface area contributed by atoms with E-state index in [0.717, 1.165) is 0 Å². The van der Waals surface area contributed by atoms with E-state index >= 15 is 0 Å². The molecule has 0 saturated heterocycles. The van der Waals surface area contributed by atoms with Crippen LogP contribution in [0.25, 0.3) is 11.2 Å². The molecule has 2 heterocycles. The number of aromatic carboxylic acids is 1. The molecule has 0 amide bonds. The number of aliphatic imine (C=N–C) groups is 1. The third kappa shape index (κ3) is 5.00. The summed E-state index contributed by atoms with van der Waals surface area (Å²) >= 11 is 0. The van der Waals surface area contributed by atoms with Crippen LogP contribution in [0.3, 0.4) is 0 Å². The summed E-state index contributed by atoms with van der Waals surface area (Å²) in [6, 6.07) is 12.6. The Hall–Kier alpha value is -5.18. The average molecular weight is 486 g/mol. The molecular formula is C24H22N8O4. The Labute approximate surface area is 205 Å². The molecule has 4 rings (SSSR count). The fourth-order valence-electron chi connectivity index (χ4n) is 3.17. The van der Waals surface area contributed by atoms with E-state index in [4.69, 9.17) is 20.9 Å². The Morgan fingerprint density at radius 3 is 2.53 bits per heavy atom. The molecule has 0 spiro atoms. The molecular weight excluding hydrogens is 464 g/mol. The fourth-order valence-corrected chi connectivity index (χ4v) is 3.17. The van der Waals surface area contributed by atoms with Gasteiger partial charge in [-0.3, -0.25) is 0 Å². The maximum absolute atomic E-state index is 11.6. The van der Waals surface area contributed by atoms with Gasteiger partial charge in [0.15, 0.2) is 17.4 Å². The van der Waals surface area contributed by atoms with Gasteiger partial charge in [-0.1, -0.05) is 32.9 Å². The van der Waals surface area contributed by atoms with E-state index in [1.165, 1.54) is 18.2 Å². The SMILES string of the molecule is CC(C)(C)c1nc2nc(Oc3ccccc3N=C(N)N)nc(Oc3ccc(C#N)c(C(=O)O)c3)c2[nH]1. The van der Waals surface area contributed by atoms with E-state index in [-0.39, 0.29) is 51.5 Å². The van der Waals surface area contributed by atoms with Crippen LogP contribution in [-0.2, 0) is 5.41 Å². The number of H-pyrrole nitrogens is 1. The fraction of sp³-hybridized carbons (Fsp3) is 0.167. The molecule has 6 N–H and O–H groups in total. The number of hydrogen-bond donors (Lipinski definition) is 4. The van der Waals surface area contributed by atoms with Crippen LogP contribution in [0.2, 0.25) is 0 Å². The highest BCUT2D eigenvalue weighted by molar-refractivity contribution is 5.91. The summed E-state index contributed by atoms with van der Waals surface area (Å²) in [5.41, 5.74) is 11.5. The average Bonchev–Trinajstić information content (AvgIpc) is 3.25. The lowest BCUT2D eigenvalue weighted by Gasteiger charge is -2.13. The smallest absolute Gasteiger partial charge is 0.337 e.